The van der Waals surface area contributed by atoms with Crippen LogP contribution in [0.25, 0.3) is 0 Å². The van der Waals surface area contributed by atoms with Gasteiger partial charge in [0.1, 0.15) is 0 Å². The van der Waals surface area contributed by atoms with Gasteiger partial charge in [-0.25, -0.2) is 0 Å². The number of carbonyl (C=O) groups is 1. The Morgan fingerprint density at radius 1 is 1.50 bits per heavy atom. The maximum atomic E-state index is 12.2. The van der Waals surface area contributed by atoms with Crippen molar-refractivity contribution in [1.82, 2.24) is 5.32 Å². The van der Waals surface area contributed by atoms with Crippen LogP contribution in [0.15, 0.2) is 18.2 Å². The van der Waals surface area contributed by atoms with Gasteiger partial charge in [-0.2, -0.15) is 5.26 Å². The summed E-state index contributed by atoms with van der Waals surface area (Å²) in [7, 11) is 0. The summed E-state index contributed by atoms with van der Waals surface area (Å²) in [4.78, 5) is 12.2. The lowest BCUT2D eigenvalue weighted by atomic mass is 10.0. The molecule has 1 aromatic rings. The van der Waals surface area contributed by atoms with Gasteiger partial charge in [0.25, 0.3) is 0 Å². The Morgan fingerprint density at radius 3 is 2.86 bits per heavy atom. The van der Waals surface area contributed by atoms with Crippen molar-refractivity contribution in [2.45, 2.75) is 51.7 Å². The molecule has 2 atom stereocenters. The van der Waals surface area contributed by atoms with Crippen LogP contribution in [-0.4, -0.2) is 29.1 Å². The molecular weight excluding hydrogens is 282 g/mol. The molecular formula is C16H21N3O3. The quantitative estimate of drug-likeness (QED) is 0.736. The number of amides is 1. The molecule has 0 aliphatic carbocycles. The Hall–Kier alpha value is -1.94. The third-order valence-corrected chi connectivity index (χ3v) is 3.32. The number of carbonyl (C=O) groups excluding carboxylic acids is 1. The molecule has 2 rings (SSSR count). The van der Waals surface area contributed by atoms with Gasteiger partial charge >= 0.3 is 0 Å². The second-order valence-corrected chi connectivity index (χ2v) is 6.31. The van der Waals surface area contributed by atoms with Crippen LogP contribution in [0.2, 0.25) is 0 Å². The first kappa shape index (κ1) is 16.4. The third kappa shape index (κ3) is 4.28. The SMILES string of the molecule is CC(C)(C)OC(O)N[C@H]1CCc2cc(C#N)ccc2NC1=O. The van der Waals surface area contributed by atoms with Gasteiger partial charge in [-0.05, 0) is 57.4 Å². The Kier molecular flexibility index (Phi) is 4.81. The van der Waals surface area contributed by atoms with Gasteiger partial charge in [0, 0.05) is 5.69 Å². The predicted molar refractivity (Wildman–Crippen MR) is 81.9 cm³/mol. The standard InChI is InChI=1S/C16H21N3O3/c1-16(2,3)22-15(21)19-13-7-5-11-8-10(9-17)4-6-12(11)18-14(13)20/h4,6,8,13,15,19,21H,5,7H2,1-3H3,(H,18,20)/t13-,15?/m0/s1. The van der Waals surface area contributed by atoms with Gasteiger partial charge in [-0.1, -0.05) is 0 Å². The summed E-state index contributed by atoms with van der Waals surface area (Å²) in [5.74, 6) is -0.222. The zero-order chi connectivity index (χ0) is 16.3. The number of hydrogen-bond donors (Lipinski definition) is 3. The van der Waals surface area contributed by atoms with Crippen LogP contribution in [0, 0.1) is 11.3 Å². The number of fused-ring (bicyclic) bond motifs is 1. The van der Waals surface area contributed by atoms with Crippen LogP contribution < -0.4 is 10.6 Å². The molecule has 1 aromatic carbocycles. The second-order valence-electron chi connectivity index (χ2n) is 6.31. The number of aliphatic hydroxyl groups is 1. The Bertz CT molecular complexity index is 602. The fourth-order valence-electron chi connectivity index (χ4n) is 2.34. The van der Waals surface area contributed by atoms with E-state index >= 15 is 0 Å². The van der Waals surface area contributed by atoms with Crippen molar-refractivity contribution in [2.24, 2.45) is 0 Å². The summed E-state index contributed by atoms with van der Waals surface area (Å²) >= 11 is 0. The molecule has 0 spiro atoms. The van der Waals surface area contributed by atoms with Gasteiger partial charge < -0.3 is 15.2 Å². The van der Waals surface area contributed by atoms with E-state index in [0.717, 1.165) is 5.56 Å². The zero-order valence-electron chi connectivity index (χ0n) is 13.0. The lowest BCUT2D eigenvalue weighted by Gasteiger charge is -2.27. The van der Waals surface area contributed by atoms with E-state index in [1.54, 1.807) is 18.2 Å². The van der Waals surface area contributed by atoms with Gasteiger partial charge in [0.05, 0.1) is 23.3 Å². The van der Waals surface area contributed by atoms with Gasteiger partial charge in [-0.15, -0.1) is 0 Å². The molecule has 0 saturated heterocycles. The number of ether oxygens (including phenoxy) is 1. The number of benzene rings is 1. The molecule has 0 fully saturated rings. The average molecular weight is 303 g/mol. The molecule has 6 nitrogen and oxygen atoms in total. The van der Waals surface area contributed by atoms with Crippen molar-refractivity contribution < 1.29 is 14.6 Å². The molecule has 1 aliphatic rings. The first-order valence-electron chi connectivity index (χ1n) is 7.24. The number of aliphatic hydroxyl groups excluding tert-OH is 1. The minimum absolute atomic E-state index is 0.222. The maximum Gasteiger partial charge on any atom is 0.241 e. The number of nitrogens with zero attached hydrogens (tertiary/aromatic N) is 1. The van der Waals surface area contributed by atoms with Crippen LogP contribution >= 0.6 is 0 Å². The molecule has 0 bridgehead atoms. The van der Waals surface area contributed by atoms with Crippen LogP contribution in [0.4, 0.5) is 5.69 Å². The summed E-state index contributed by atoms with van der Waals surface area (Å²) in [6.07, 6.45) is -0.0754. The molecule has 1 amide bonds. The summed E-state index contributed by atoms with van der Waals surface area (Å²) in [6.45, 7) is 5.47. The lowest BCUT2D eigenvalue weighted by molar-refractivity contribution is -0.186. The summed E-state index contributed by atoms with van der Waals surface area (Å²) < 4.78 is 5.36. The number of rotatable bonds is 3. The number of anilines is 1. The minimum atomic E-state index is -1.22. The van der Waals surface area contributed by atoms with Gasteiger partial charge in [0.15, 0.2) is 0 Å². The summed E-state index contributed by atoms with van der Waals surface area (Å²) in [6, 6.07) is 6.71. The smallest absolute Gasteiger partial charge is 0.241 e. The lowest BCUT2D eigenvalue weighted by Crippen LogP contribution is -2.48. The summed E-state index contributed by atoms with van der Waals surface area (Å²) in [5.41, 5.74) is 1.68. The zero-order valence-corrected chi connectivity index (χ0v) is 13.0. The summed E-state index contributed by atoms with van der Waals surface area (Å²) in [5, 5.41) is 24.4. The fraction of sp³-hybridized carbons (Fsp3) is 0.500. The average Bonchev–Trinajstić information content (AvgIpc) is 2.56. The topological polar surface area (TPSA) is 94.4 Å². The monoisotopic (exact) mass is 303 g/mol. The minimum Gasteiger partial charge on any atom is -0.356 e. The van der Waals surface area contributed by atoms with E-state index in [1.165, 1.54) is 0 Å². The molecule has 1 heterocycles. The van der Waals surface area contributed by atoms with Crippen molar-refractivity contribution in [3.8, 4) is 6.07 Å². The maximum absolute atomic E-state index is 12.2. The van der Waals surface area contributed by atoms with E-state index in [1.807, 2.05) is 20.8 Å². The molecule has 0 radical (unpaired) electrons. The third-order valence-electron chi connectivity index (χ3n) is 3.32. The van der Waals surface area contributed by atoms with E-state index in [9.17, 15) is 9.90 Å². The second kappa shape index (κ2) is 6.44. The highest BCUT2D eigenvalue weighted by molar-refractivity contribution is 5.96. The molecule has 0 saturated carbocycles. The molecule has 6 heteroatoms. The molecule has 1 aliphatic heterocycles. The number of hydrogen-bond acceptors (Lipinski definition) is 5. The highest BCUT2D eigenvalue weighted by Crippen LogP contribution is 2.23. The van der Waals surface area contributed by atoms with Crippen LogP contribution in [0.5, 0.6) is 0 Å². The number of nitriles is 1. The molecule has 22 heavy (non-hydrogen) atoms. The van der Waals surface area contributed by atoms with Crippen LogP contribution in [0.3, 0.4) is 0 Å². The highest BCUT2D eigenvalue weighted by Gasteiger charge is 2.27. The van der Waals surface area contributed by atoms with Crippen molar-refractivity contribution in [3.05, 3.63) is 29.3 Å². The van der Waals surface area contributed by atoms with Crippen LogP contribution in [-0.2, 0) is 16.0 Å². The first-order valence-corrected chi connectivity index (χ1v) is 7.24. The van der Waals surface area contributed by atoms with Crippen molar-refractivity contribution in [2.75, 3.05) is 5.32 Å². The van der Waals surface area contributed by atoms with E-state index < -0.39 is 18.1 Å². The Morgan fingerprint density at radius 2 is 2.23 bits per heavy atom. The van der Waals surface area contributed by atoms with Crippen molar-refractivity contribution in [3.63, 3.8) is 0 Å². The van der Waals surface area contributed by atoms with Gasteiger partial charge in [-0.3, -0.25) is 10.1 Å². The van der Waals surface area contributed by atoms with Crippen molar-refractivity contribution >= 4 is 11.6 Å². The molecule has 1 unspecified atom stereocenters. The number of aryl methyl sites for hydroxylation is 1. The highest BCUT2D eigenvalue weighted by atomic mass is 16.6. The molecule has 118 valence electrons. The largest absolute Gasteiger partial charge is 0.356 e. The van der Waals surface area contributed by atoms with E-state index in [-0.39, 0.29) is 5.91 Å². The van der Waals surface area contributed by atoms with E-state index in [2.05, 4.69) is 16.7 Å². The number of nitrogens with one attached hydrogen (secondary N) is 2. The van der Waals surface area contributed by atoms with Crippen molar-refractivity contribution in [1.29, 1.82) is 5.26 Å². The van der Waals surface area contributed by atoms with Gasteiger partial charge in [0.2, 0.25) is 12.3 Å². The fourth-order valence-corrected chi connectivity index (χ4v) is 2.34. The molecule has 3 N–H and O–H groups in total. The normalized spacial score (nSPS) is 19.6. The van der Waals surface area contributed by atoms with E-state index in [0.29, 0.717) is 24.1 Å². The van der Waals surface area contributed by atoms with Crippen LogP contribution in [0.1, 0.15) is 38.3 Å². The first-order chi connectivity index (χ1) is 10.3. The Balaban J connectivity index is 2.06. The Labute approximate surface area is 130 Å². The predicted octanol–water partition coefficient (Wildman–Crippen LogP) is 1.49. The molecule has 0 aromatic heterocycles. The van der Waals surface area contributed by atoms with E-state index in [4.69, 9.17) is 10.00 Å².